The number of hydrogen-bond acceptors (Lipinski definition) is 3. The number of thioether (sulfide) groups is 1. The number of carbonyl (C=O) groups is 1. The Hall–Kier alpha value is -1.16. The number of alkyl carbamates (subject to hydrolysis) is 1. The molecule has 0 bridgehead atoms. The van der Waals surface area contributed by atoms with Crippen LogP contribution in [-0.2, 0) is 10.5 Å². The minimum atomic E-state index is -0.439. The van der Waals surface area contributed by atoms with Crippen molar-refractivity contribution >= 4 is 17.9 Å². The van der Waals surface area contributed by atoms with Crippen molar-refractivity contribution in [3.8, 4) is 0 Å². The molecule has 1 fully saturated rings. The third-order valence-electron chi connectivity index (χ3n) is 3.71. The Labute approximate surface area is 138 Å². The van der Waals surface area contributed by atoms with Crippen molar-refractivity contribution < 1.29 is 9.53 Å². The molecule has 2 rings (SSSR count). The molecule has 2 unspecified atom stereocenters. The van der Waals surface area contributed by atoms with Gasteiger partial charge in [-0.1, -0.05) is 43.2 Å². The molecule has 0 spiro atoms. The van der Waals surface area contributed by atoms with Crippen LogP contribution in [0.15, 0.2) is 30.3 Å². The van der Waals surface area contributed by atoms with Gasteiger partial charge in [-0.3, -0.25) is 0 Å². The second kappa shape index (κ2) is 7.91. The maximum absolute atomic E-state index is 12.0. The van der Waals surface area contributed by atoms with Crippen LogP contribution in [0.4, 0.5) is 4.79 Å². The summed E-state index contributed by atoms with van der Waals surface area (Å²) in [6.07, 6.45) is 4.36. The number of benzene rings is 1. The zero-order valence-corrected chi connectivity index (χ0v) is 14.6. The predicted octanol–water partition coefficient (Wildman–Crippen LogP) is 4.76. The number of hydrogen-bond donors (Lipinski definition) is 1. The van der Waals surface area contributed by atoms with Gasteiger partial charge in [-0.05, 0) is 39.2 Å². The van der Waals surface area contributed by atoms with Gasteiger partial charge >= 0.3 is 6.09 Å². The fourth-order valence-corrected chi connectivity index (χ4v) is 4.07. The van der Waals surface area contributed by atoms with Crippen molar-refractivity contribution in [3.05, 3.63) is 35.9 Å². The first kappa shape index (κ1) is 17.2. The molecule has 0 heterocycles. The molecule has 0 radical (unpaired) electrons. The van der Waals surface area contributed by atoms with Crippen LogP contribution in [0.5, 0.6) is 0 Å². The highest BCUT2D eigenvalue weighted by atomic mass is 32.2. The van der Waals surface area contributed by atoms with Gasteiger partial charge in [-0.2, -0.15) is 11.8 Å². The maximum atomic E-state index is 12.0. The van der Waals surface area contributed by atoms with Gasteiger partial charge < -0.3 is 10.1 Å². The van der Waals surface area contributed by atoms with Gasteiger partial charge in [0.15, 0.2) is 0 Å². The van der Waals surface area contributed by atoms with E-state index in [4.69, 9.17) is 4.74 Å². The molecule has 4 heteroatoms. The molecule has 3 nitrogen and oxygen atoms in total. The average molecular weight is 321 g/mol. The summed E-state index contributed by atoms with van der Waals surface area (Å²) < 4.78 is 5.39. The Bertz CT molecular complexity index is 470. The molecule has 1 saturated carbocycles. The topological polar surface area (TPSA) is 38.3 Å². The molecule has 1 N–H and O–H groups in total. The Kier molecular flexibility index (Phi) is 6.18. The summed E-state index contributed by atoms with van der Waals surface area (Å²) in [6.45, 7) is 5.69. The van der Waals surface area contributed by atoms with Crippen molar-refractivity contribution in [1.82, 2.24) is 5.32 Å². The van der Waals surface area contributed by atoms with Gasteiger partial charge in [0, 0.05) is 17.0 Å². The Morgan fingerprint density at radius 3 is 2.59 bits per heavy atom. The molecule has 1 aliphatic carbocycles. The first-order valence-corrected chi connectivity index (χ1v) is 9.14. The van der Waals surface area contributed by atoms with Crippen LogP contribution in [0.2, 0.25) is 0 Å². The Balaban J connectivity index is 1.86. The van der Waals surface area contributed by atoms with Gasteiger partial charge in [0.25, 0.3) is 0 Å². The Morgan fingerprint density at radius 1 is 1.23 bits per heavy atom. The van der Waals surface area contributed by atoms with E-state index in [0.717, 1.165) is 18.6 Å². The monoisotopic (exact) mass is 321 g/mol. The summed E-state index contributed by atoms with van der Waals surface area (Å²) in [5.74, 6) is 0.998. The van der Waals surface area contributed by atoms with Crippen molar-refractivity contribution in [2.45, 2.75) is 69.1 Å². The minimum absolute atomic E-state index is 0.220. The summed E-state index contributed by atoms with van der Waals surface area (Å²) in [5, 5.41) is 3.55. The standard InChI is InChI=1S/C18H27NO2S/c1-18(2,3)21-17(20)19-15-11-7-8-12-16(15)22-13-14-9-5-4-6-10-14/h4-6,9-10,15-16H,7-8,11-13H2,1-3H3,(H,19,20). The zero-order chi connectivity index (χ0) is 16.0. The molecule has 1 aromatic carbocycles. The lowest BCUT2D eigenvalue weighted by Crippen LogP contribution is -2.45. The molecule has 1 amide bonds. The summed E-state index contributed by atoms with van der Waals surface area (Å²) in [7, 11) is 0. The highest BCUT2D eigenvalue weighted by Crippen LogP contribution is 2.31. The van der Waals surface area contributed by atoms with Crippen LogP contribution in [0.3, 0.4) is 0 Å². The lowest BCUT2D eigenvalue weighted by molar-refractivity contribution is 0.0495. The first-order valence-electron chi connectivity index (χ1n) is 8.09. The highest BCUT2D eigenvalue weighted by molar-refractivity contribution is 7.99. The van der Waals surface area contributed by atoms with E-state index in [0.29, 0.717) is 5.25 Å². The fraction of sp³-hybridized carbons (Fsp3) is 0.611. The van der Waals surface area contributed by atoms with Crippen LogP contribution in [0.25, 0.3) is 0 Å². The highest BCUT2D eigenvalue weighted by Gasteiger charge is 2.28. The molecule has 0 saturated heterocycles. The molecule has 22 heavy (non-hydrogen) atoms. The molecular formula is C18H27NO2S. The smallest absolute Gasteiger partial charge is 0.407 e. The molecule has 1 aliphatic rings. The third-order valence-corrected chi connectivity index (χ3v) is 5.20. The first-order chi connectivity index (χ1) is 10.4. The van der Waals surface area contributed by atoms with Crippen molar-refractivity contribution in [3.63, 3.8) is 0 Å². The lowest BCUT2D eigenvalue weighted by Gasteiger charge is -2.32. The third kappa shape index (κ3) is 5.91. The van der Waals surface area contributed by atoms with E-state index < -0.39 is 5.60 Å². The van der Waals surface area contributed by atoms with Gasteiger partial charge in [0.05, 0.1) is 0 Å². The van der Waals surface area contributed by atoms with Crippen molar-refractivity contribution in [2.24, 2.45) is 0 Å². The van der Waals surface area contributed by atoms with Crippen LogP contribution >= 0.6 is 11.8 Å². The SMILES string of the molecule is CC(C)(C)OC(=O)NC1CCCCC1SCc1ccccc1. The summed E-state index contributed by atoms with van der Waals surface area (Å²) in [5.41, 5.74) is 0.903. The lowest BCUT2D eigenvalue weighted by atomic mass is 9.95. The van der Waals surface area contributed by atoms with E-state index in [9.17, 15) is 4.79 Å². The maximum Gasteiger partial charge on any atom is 0.407 e. The van der Waals surface area contributed by atoms with Crippen molar-refractivity contribution in [2.75, 3.05) is 0 Å². The normalized spacial score (nSPS) is 22.1. The molecule has 0 aliphatic heterocycles. The summed E-state index contributed by atoms with van der Waals surface area (Å²) in [4.78, 5) is 12.0. The van der Waals surface area contributed by atoms with E-state index in [1.165, 1.54) is 18.4 Å². The number of rotatable bonds is 4. The molecule has 2 atom stereocenters. The van der Waals surface area contributed by atoms with Crippen molar-refractivity contribution in [1.29, 1.82) is 0 Å². The largest absolute Gasteiger partial charge is 0.444 e. The van der Waals surface area contributed by atoms with E-state index in [1.807, 2.05) is 38.6 Å². The molecule has 1 aromatic rings. The van der Waals surface area contributed by atoms with Crippen LogP contribution < -0.4 is 5.32 Å². The minimum Gasteiger partial charge on any atom is -0.444 e. The second-order valence-corrected chi connectivity index (χ2v) is 8.10. The van der Waals surface area contributed by atoms with E-state index in [1.54, 1.807) is 0 Å². The molecule has 122 valence electrons. The molecule has 0 aromatic heterocycles. The summed E-state index contributed by atoms with van der Waals surface area (Å²) >= 11 is 1.95. The van der Waals surface area contributed by atoms with Gasteiger partial charge in [0.1, 0.15) is 5.60 Å². The zero-order valence-electron chi connectivity index (χ0n) is 13.8. The van der Waals surface area contributed by atoms with E-state index in [2.05, 4.69) is 29.6 Å². The summed E-state index contributed by atoms with van der Waals surface area (Å²) in [6, 6.07) is 10.7. The number of carbonyl (C=O) groups excluding carboxylic acids is 1. The van der Waals surface area contributed by atoms with Gasteiger partial charge in [0.2, 0.25) is 0 Å². The van der Waals surface area contributed by atoms with Gasteiger partial charge in [-0.15, -0.1) is 0 Å². The quantitative estimate of drug-likeness (QED) is 0.869. The predicted molar refractivity (Wildman–Crippen MR) is 93.2 cm³/mol. The Morgan fingerprint density at radius 2 is 1.91 bits per heavy atom. The van der Waals surface area contributed by atoms with Crippen LogP contribution in [0.1, 0.15) is 52.0 Å². The number of amides is 1. The second-order valence-electron chi connectivity index (χ2n) is 6.87. The van der Waals surface area contributed by atoms with E-state index >= 15 is 0 Å². The van der Waals surface area contributed by atoms with E-state index in [-0.39, 0.29) is 12.1 Å². The number of nitrogens with one attached hydrogen (secondary N) is 1. The van der Waals surface area contributed by atoms with Crippen LogP contribution in [-0.4, -0.2) is 23.0 Å². The number of ether oxygens (including phenoxy) is 1. The van der Waals surface area contributed by atoms with Crippen LogP contribution in [0, 0.1) is 0 Å². The van der Waals surface area contributed by atoms with Gasteiger partial charge in [-0.25, -0.2) is 4.79 Å². The average Bonchev–Trinajstić information content (AvgIpc) is 2.45. The molecular weight excluding hydrogens is 294 g/mol. The fourth-order valence-electron chi connectivity index (χ4n) is 2.70.